The maximum Gasteiger partial charge on any atom is 0.331 e. The van der Waals surface area contributed by atoms with E-state index in [2.05, 4.69) is 6.92 Å². The van der Waals surface area contributed by atoms with E-state index in [1.807, 2.05) is 64.1 Å². The first-order chi connectivity index (χ1) is 46.6. The smallest absolute Gasteiger partial charge is 0.331 e. The predicted octanol–water partition coefficient (Wildman–Crippen LogP) is 3.39. The van der Waals surface area contributed by atoms with E-state index < -0.39 is 212 Å². The van der Waals surface area contributed by atoms with Crippen molar-refractivity contribution in [3.05, 3.63) is 53.6 Å². The van der Waals surface area contributed by atoms with Gasteiger partial charge in [-0.1, -0.05) is 55.8 Å². The Balaban J connectivity index is 0.655. The van der Waals surface area contributed by atoms with E-state index in [1.165, 1.54) is 20.1 Å². The largest absolute Gasteiger partial charge is 0.458 e. The van der Waals surface area contributed by atoms with Gasteiger partial charge in [-0.3, -0.25) is 0 Å². The van der Waals surface area contributed by atoms with Crippen LogP contribution in [0.1, 0.15) is 138 Å². The van der Waals surface area contributed by atoms with E-state index in [1.54, 1.807) is 48.4 Å². The lowest BCUT2D eigenvalue weighted by Gasteiger charge is -2.67. The van der Waals surface area contributed by atoms with Crippen LogP contribution >= 0.6 is 0 Å². The summed E-state index contributed by atoms with van der Waals surface area (Å²) in [6.45, 7) is 14.0. The number of aliphatic hydroxyl groups excluding tert-OH is 5. The van der Waals surface area contributed by atoms with Crippen LogP contribution < -0.4 is 0 Å². The molecule has 0 bridgehead atoms. The molecule has 34 atom stereocenters. The molecule has 1 aromatic carbocycles. The Bertz CT molecular complexity index is 2840. The molecule has 1 aromatic rings. The van der Waals surface area contributed by atoms with E-state index in [0.29, 0.717) is 44.9 Å². The lowest BCUT2D eigenvalue weighted by atomic mass is 9.42. The summed E-state index contributed by atoms with van der Waals surface area (Å²) in [5.74, 6) is -1.23. The number of carbonyl (C=O) groups is 1. The number of benzene rings is 1. The molecule has 0 amide bonds. The van der Waals surface area contributed by atoms with Crippen LogP contribution in [-0.2, 0) is 90.1 Å². The second-order valence-corrected chi connectivity index (χ2v) is 29.5. The van der Waals surface area contributed by atoms with Gasteiger partial charge in [0, 0.05) is 79.6 Å². The second-order valence-electron chi connectivity index (χ2n) is 29.5. The molecule has 10 aliphatic rings. The van der Waals surface area contributed by atoms with Gasteiger partial charge in [-0.25, -0.2) is 4.79 Å². The number of hydrogen-bond acceptors (Lipinski definition) is 27. The third kappa shape index (κ3) is 14.4. The Kier molecular flexibility index (Phi) is 24.2. The van der Waals surface area contributed by atoms with Crippen LogP contribution in [0.4, 0.5) is 0 Å². The second kappa shape index (κ2) is 31.1. The number of rotatable bonds is 22. The van der Waals surface area contributed by atoms with Crippen molar-refractivity contribution < 1.29 is 131 Å². The quantitative estimate of drug-likeness (QED) is 0.0468. The van der Waals surface area contributed by atoms with Crippen molar-refractivity contribution in [1.82, 2.24) is 0 Å². The van der Waals surface area contributed by atoms with Crippen LogP contribution in [0.3, 0.4) is 0 Å². The van der Waals surface area contributed by atoms with Gasteiger partial charge in [0.25, 0.3) is 0 Å². The van der Waals surface area contributed by atoms with Gasteiger partial charge in [-0.15, -0.1) is 0 Å². The van der Waals surface area contributed by atoms with E-state index in [-0.39, 0.29) is 38.2 Å². The number of hydrogen-bond donors (Lipinski definition) is 8. The van der Waals surface area contributed by atoms with Crippen LogP contribution in [-0.4, -0.2) is 278 Å². The van der Waals surface area contributed by atoms with Crippen LogP contribution in [0.25, 0.3) is 6.08 Å². The van der Waals surface area contributed by atoms with Gasteiger partial charge in [0.15, 0.2) is 37.7 Å². The molecular formula is C71H110O27. The van der Waals surface area contributed by atoms with Gasteiger partial charge in [-0.2, -0.15) is 0 Å². The minimum atomic E-state index is -1.93. The first-order valence-electron chi connectivity index (χ1n) is 35.2. The van der Waals surface area contributed by atoms with Crippen LogP contribution in [0.15, 0.2) is 48.1 Å². The number of ether oxygens (including phenoxy) is 18. The summed E-state index contributed by atoms with van der Waals surface area (Å²) in [5, 5.41) is 90.7. The van der Waals surface area contributed by atoms with Gasteiger partial charge in [0.2, 0.25) is 0 Å². The monoisotopic (exact) mass is 1390 g/mol. The Hall–Kier alpha value is -2.83. The average Bonchev–Trinajstić information content (AvgIpc) is 1.38. The van der Waals surface area contributed by atoms with Crippen molar-refractivity contribution in [3.8, 4) is 0 Å². The molecule has 9 fully saturated rings. The molecular weight excluding hydrogens is 1280 g/mol. The molecule has 0 aromatic heterocycles. The van der Waals surface area contributed by atoms with E-state index >= 15 is 0 Å². The molecule has 0 radical (unpaired) electrons. The summed E-state index contributed by atoms with van der Waals surface area (Å²) >= 11 is 0. The maximum absolute atomic E-state index is 13.7. The predicted molar refractivity (Wildman–Crippen MR) is 344 cm³/mol. The third-order valence-corrected chi connectivity index (χ3v) is 24.1. The number of esters is 1. The SMILES string of the molecule is CO[C@H]1C[C@H](O[C@H]2CC[C@@]3(C)C(=CC[C@]4(O)[C@@H]3C[C@@H](OC(=O)/C=C/c3ccccc3)[C@@]3(C)[C@@]4(O)CC[C@@]3(O)[C@H](C)O)C2)O[C@H](C)[C@H]1O[C@H]1C[C@H](OC)[C@H](O[C@H]2C[C@@H](OC)[C@H](O[C@H]3C[C@H](OC)[C@H](O[C@H]4C[C@H](OC)[C@H](O[C@@H]5O[C@H](CO)[C@@H](O)[C@H](O)[C@H]5O)[C@@H](C)O4)[C@@H](C)O3)[C@@H](C)O2)[C@@H](C)O1. The first kappa shape index (κ1) is 76.3. The topological polar surface area (TPSA) is 345 Å². The van der Waals surface area contributed by atoms with Crippen molar-refractivity contribution in [3.63, 3.8) is 0 Å². The van der Waals surface area contributed by atoms with Crippen molar-refractivity contribution in [2.24, 2.45) is 16.7 Å². The highest BCUT2D eigenvalue weighted by Crippen LogP contribution is 2.71. The Labute approximate surface area is 574 Å². The fraction of sp³-hybridized carbons (Fsp3) is 0.845. The highest BCUT2D eigenvalue weighted by atomic mass is 16.8. The van der Waals surface area contributed by atoms with Gasteiger partial charge >= 0.3 is 5.97 Å². The first-order valence-corrected chi connectivity index (χ1v) is 35.2. The fourth-order valence-corrected chi connectivity index (χ4v) is 18.3. The minimum Gasteiger partial charge on any atom is -0.458 e. The van der Waals surface area contributed by atoms with Crippen LogP contribution in [0.2, 0.25) is 0 Å². The molecule has 27 nitrogen and oxygen atoms in total. The zero-order chi connectivity index (χ0) is 70.6. The Morgan fingerprint density at radius 2 is 1.02 bits per heavy atom. The van der Waals surface area contributed by atoms with Crippen molar-refractivity contribution in [2.45, 2.75) is 321 Å². The maximum atomic E-state index is 13.7. The van der Waals surface area contributed by atoms with Gasteiger partial charge in [0.1, 0.15) is 77.8 Å². The summed E-state index contributed by atoms with van der Waals surface area (Å²) in [5.41, 5.74) is -5.93. The lowest BCUT2D eigenvalue weighted by Crippen LogP contribution is -2.78. The summed E-state index contributed by atoms with van der Waals surface area (Å²) in [4.78, 5) is 13.7. The standard InChI is InChI=1S/C71H110O27/c1-35-61(44(81-9)28-53(86-35)91-43-22-23-67(7)42(27-43)21-24-70(79)50(67)33-51(93-52(74)20-19-41-17-15-14-16-18-41)68(8)69(78,40(6)73)25-26-71(68,70)80)94-54-29-45(82-10)62(36(2)87-54)95-55-30-46(83-11)63(37(3)88-55)96-56-31-47(84-12)64(38(4)89-56)97-57-32-48(85-13)65(39(5)90-57)98-66-60(77)59(76)58(75)49(34-72)92-66/h14-21,35-40,43-51,53-66,72-73,75-80H,22-34H2,1-13H3/b20-19+/t35-,36-,37-,38-,39-,40+,43+,44+,45+,46-,47+,48+,49-,50-,51-,53+,54+,55+,56+,57+,58-,59+,60-,61-,62-,63-,64-,65-,66+,67+,68-,69-,70+,71+/m1/s1. The zero-order valence-electron chi connectivity index (χ0n) is 58.9. The molecule has 3 saturated carbocycles. The number of fused-ring (bicyclic) bond motifs is 5. The minimum absolute atomic E-state index is 0.00131. The molecule has 27 heteroatoms. The fourth-order valence-electron chi connectivity index (χ4n) is 18.3. The zero-order valence-corrected chi connectivity index (χ0v) is 58.9. The Morgan fingerprint density at radius 3 is 1.45 bits per heavy atom. The third-order valence-electron chi connectivity index (χ3n) is 24.1. The lowest BCUT2D eigenvalue weighted by molar-refractivity contribution is -0.360. The van der Waals surface area contributed by atoms with Crippen molar-refractivity contribution >= 4 is 12.0 Å². The van der Waals surface area contributed by atoms with Gasteiger partial charge in [0.05, 0.1) is 85.3 Å². The number of aliphatic hydroxyl groups is 8. The number of methoxy groups -OCH3 is 5. The Morgan fingerprint density at radius 1 is 0.582 bits per heavy atom. The molecule has 0 spiro atoms. The highest BCUT2D eigenvalue weighted by molar-refractivity contribution is 5.87. The van der Waals surface area contributed by atoms with Crippen LogP contribution in [0, 0.1) is 16.7 Å². The summed E-state index contributed by atoms with van der Waals surface area (Å²) < 4.78 is 114. The summed E-state index contributed by atoms with van der Waals surface area (Å²) in [7, 11) is 7.99. The van der Waals surface area contributed by atoms with E-state index in [0.717, 1.165) is 11.1 Å². The summed E-state index contributed by atoms with van der Waals surface area (Å²) in [6, 6.07) is 9.33. The molecule has 8 N–H and O–H groups in total. The highest BCUT2D eigenvalue weighted by Gasteiger charge is 2.81. The van der Waals surface area contributed by atoms with Gasteiger partial charge in [-0.05, 0) is 104 Å². The molecule has 11 rings (SSSR count). The normalized spacial score (nSPS) is 49.5. The van der Waals surface area contributed by atoms with Crippen LogP contribution in [0.5, 0.6) is 0 Å². The molecule has 6 saturated heterocycles. The van der Waals surface area contributed by atoms with E-state index in [9.17, 15) is 45.6 Å². The average molecular weight is 1400 g/mol. The molecule has 4 aliphatic carbocycles. The molecule has 6 aliphatic heterocycles. The van der Waals surface area contributed by atoms with Crippen molar-refractivity contribution in [2.75, 3.05) is 42.2 Å². The van der Waals surface area contributed by atoms with Crippen molar-refractivity contribution in [1.29, 1.82) is 0 Å². The number of carbonyl (C=O) groups excluding carboxylic acids is 1. The van der Waals surface area contributed by atoms with E-state index in [4.69, 9.17) is 85.3 Å². The molecule has 0 unspecified atom stereocenters. The molecule has 556 valence electrons. The van der Waals surface area contributed by atoms with Gasteiger partial charge < -0.3 is 126 Å². The summed E-state index contributed by atoms with van der Waals surface area (Å²) in [6.07, 6.45) is -13.1. The molecule has 98 heavy (non-hydrogen) atoms. The molecule has 6 heterocycles.